The molecule has 0 fully saturated rings. The maximum atomic E-state index is 4.30. The number of rotatable bonds is 11. The fraction of sp³-hybridized carbons (Fsp3) is 0.722. The molecule has 0 aliphatic heterocycles. The summed E-state index contributed by atoms with van der Waals surface area (Å²) in [6, 6.07) is 2.20. The molecule has 0 bridgehead atoms. The van der Waals surface area contributed by atoms with Crippen molar-refractivity contribution in [3.8, 4) is 0 Å². The normalized spacial score (nSPS) is 13.3. The van der Waals surface area contributed by atoms with E-state index in [1.54, 1.807) is 11.3 Å². The minimum absolute atomic E-state index is 0.511. The van der Waals surface area contributed by atoms with Crippen LogP contribution in [0.4, 0.5) is 0 Å². The molecule has 0 saturated carbocycles. The average Bonchev–Trinajstić information content (AvgIpc) is 3.06. The topological polar surface area (TPSA) is 39.7 Å². The average molecular weight is 339 g/mol. The Kier molecular flexibility index (Phi) is 10.7. The van der Waals surface area contributed by atoms with Crippen LogP contribution in [-0.4, -0.2) is 51.6 Å². The second kappa shape index (κ2) is 12.4. The van der Waals surface area contributed by atoms with Gasteiger partial charge in [-0.25, -0.2) is 0 Å². The fourth-order valence-corrected chi connectivity index (χ4v) is 3.22. The summed E-state index contributed by atoms with van der Waals surface area (Å²) >= 11 is 1.76. The van der Waals surface area contributed by atoms with Crippen molar-refractivity contribution in [1.29, 1.82) is 0 Å². The third-order valence-corrected chi connectivity index (χ3v) is 4.69. The molecule has 0 amide bonds. The van der Waals surface area contributed by atoms with E-state index >= 15 is 0 Å². The van der Waals surface area contributed by atoms with E-state index in [0.717, 1.165) is 19.0 Å². The summed E-state index contributed by atoms with van der Waals surface area (Å²) in [6.07, 6.45) is 6.48. The van der Waals surface area contributed by atoms with Crippen LogP contribution in [0.2, 0.25) is 0 Å². The van der Waals surface area contributed by atoms with E-state index in [4.69, 9.17) is 0 Å². The standard InChI is InChI=1S/C18H34N4S/c1-16(17-10-13-23-15-17)14-21-18(19-2)20-11-8-6-5-7-9-12-22(3)4/h10,13,15-16H,5-9,11-12,14H2,1-4H3,(H2,19,20,21). The Hall–Kier alpha value is -1.07. The van der Waals surface area contributed by atoms with E-state index in [1.165, 1.54) is 44.2 Å². The minimum Gasteiger partial charge on any atom is -0.356 e. The van der Waals surface area contributed by atoms with Gasteiger partial charge in [0.15, 0.2) is 5.96 Å². The molecule has 4 nitrogen and oxygen atoms in total. The molecule has 0 radical (unpaired) electrons. The van der Waals surface area contributed by atoms with Gasteiger partial charge in [0.05, 0.1) is 0 Å². The third kappa shape index (κ3) is 9.61. The van der Waals surface area contributed by atoms with E-state index < -0.39 is 0 Å². The zero-order chi connectivity index (χ0) is 16.9. The Bertz CT molecular complexity index is 415. The van der Waals surface area contributed by atoms with Crippen molar-refractivity contribution in [3.63, 3.8) is 0 Å². The zero-order valence-electron chi connectivity index (χ0n) is 15.3. The molecular formula is C18H34N4S. The van der Waals surface area contributed by atoms with Crippen molar-refractivity contribution >= 4 is 17.3 Å². The van der Waals surface area contributed by atoms with Crippen LogP contribution in [0.5, 0.6) is 0 Å². The third-order valence-electron chi connectivity index (χ3n) is 3.99. The molecule has 1 heterocycles. The van der Waals surface area contributed by atoms with Gasteiger partial charge in [-0.15, -0.1) is 0 Å². The minimum atomic E-state index is 0.511. The summed E-state index contributed by atoms with van der Waals surface area (Å²) in [4.78, 5) is 6.56. The van der Waals surface area contributed by atoms with E-state index in [9.17, 15) is 0 Å². The van der Waals surface area contributed by atoms with Gasteiger partial charge in [-0.05, 0) is 61.8 Å². The first kappa shape index (κ1) is 20.0. The molecule has 5 heteroatoms. The highest BCUT2D eigenvalue weighted by Crippen LogP contribution is 2.16. The lowest BCUT2D eigenvalue weighted by Gasteiger charge is -2.15. The van der Waals surface area contributed by atoms with Gasteiger partial charge < -0.3 is 15.5 Å². The number of guanidine groups is 1. The maximum absolute atomic E-state index is 4.30. The highest BCUT2D eigenvalue weighted by atomic mass is 32.1. The van der Waals surface area contributed by atoms with Crippen LogP contribution < -0.4 is 10.6 Å². The van der Waals surface area contributed by atoms with Crippen molar-refractivity contribution < 1.29 is 0 Å². The summed E-state index contributed by atoms with van der Waals surface area (Å²) in [5.74, 6) is 1.43. The Morgan fingerprint density at radius 3 is 2.57 bits per heavy atom. The van der Waals surface area contributed by atoms with E-state index in [2.05, 4.69) is 58.4 Å². The molecule has 1 unspecified atom stereocenters. The molecule has 0 aromatic carbocycles. The maximum Gasteiger partial charge on any atom is 0.190 e. The fourth-order valence-electron chi connectivity index (χ4n) is 2.43. The van der Waals surface area contributed by atoms with Gasteiger partial charge in [-0.1, -0.05) is 26.2 Å². The van der Waals surface area contributed by atoms with E-state index in [1.807, 2.05) is 7.05 Å². The van der Waals surface area contributed by atoms with Gasteiger partial charge in [0, 0.05) is 20.1 Å². The Balaban J connectivity index is 2.04. The Morgan fingerprint density at radius 2 is 1.91 bits per heavy atom. The summed E-state index contributed by atoms with van der Waals surface area (Å²) in [7, 11) is 6.12. The molecule has 1 aromatic rings. The number of unbranched alkanes of at least 4 members (excludes halogenated alkanes) is 4. The van der Waals surface area contributed by atoms with Crippen LogP contribution in [0.1, 0.15) is 50.5 Å². The molecule has 0 spiro atoms. The molecule has 0 aliphatic carbocycles. The van der Waals surface area contributed by atoms with Crippen LogP contribution in [0, 0.1) is 0 Å². The summed E-state index contributed by atoms with van der Waals surface area (Å²) in [5.41, 5.74) is 1.40. The molecule has 2 N–H and O–H groups in total. The lowest BCUT2D eigenvalue weighted by molar-refractivity contribution is 0.389. The lowest BCUT2D eigenvalue weighted by atomic mass is 10.1. The molecule has 0 saturated heterocycles. The lowest BCUT2D eigenvalue weighted by Crippen LogP contribution is -2.39. The first-order valence-electron chi connectivity index (χ1n) is 8.74. The van der Waals surface area contributed by atoms with Crippen molar-refractivity contribution in [3.05, 3.63) is 22.4 Å². The largest absolute Gasteiger partial charge is 0.356 e. The highest BCUT2D eigenvalue weighted by Gasteiger charge is 2.06. The van der Waals surface area contributed by atoms with Crippen LogP contribution >= 0.6 is 11.3 Å². The molecule has 1 aromatic heterocycles. The SMILES string of the molecule is CN=C(NCCCCCCCN(C)C)NCC(C)c1ccsc1. The van der Waals surface area contributed by atoms with Gasteiger partial charge in [0.1, 0.15) is 0 Å². The molecule has 23 heavy (non-hydrogen) atoms. The predicted octanol–water partition coefficient (Wildman–Crippen LogP) is 3.53. The van der Waals surface area contributed by atoms with Crippen molar-refractivity contribution in [2.45, 2.75) is 44.9 Å². The molecule has 1 atom stereocenters. The molecule has 0 aliphatic rings. The van der Waals surface area contributed by atoms with Crippen LogP contribution in [0.25, 0.3) is 0 Å². The number of thiophene rings is 1. The van der Waals surface area contributed by atoms with Gasteiger partial charge in [0.2, 0.25) is 0 Å². The van der Waals surface area contributed by atoms with E-state index in [0.29, 0.717) is 5.92 Å². The second-order valence-electron chi connectivity index (χ2n) is 6.41. The number of nitrogens with zero attached hydrogens (tertiary/aromatic N) is 2. The monoisotopic (exact) mass is 338 g/mol. The Morgan fingerprint density at radius 1 is 1.17 bits per heavy atom. The quantitative estimate of drug-likeness (QED) is 0.368. The van der Waals surface area contributed by atoms with Gasteiger partial charge in [0.25, 0.3) is 0 Å². The first-order chi connectivity index (χ1) is 11.1. The predicted molar refractivity (Wildman–Crippen MR) is 104 cm³/mol. The van der Waals surface area contributed by atoms with E-state index in [-0.39, 0.29) is 0 Å². The molecule has 132 valence electrons. The summed E-state index contributed by atoms with van der Waals surface area (Å²) < 4.78 is 0. The van der Waals surface area contributed by atoms with Crippen LogP contribution in [0.15, 0.2) is 21.8 Å². The smallest absolute Gasteiger partial charge is 0.190 e. The number of nitrogens with one attached hydrogen (secondary N) is 2. The number of aliphatic imine (C=N–C) groups is 1. The molecular weight excluding hydrogens is 304 g/mol. The van der Waals surface area contributed by atoms with Gasteiger partial charge in [-0.2, -0.15) is 11.3 Å². The Labute approximate surface area is 146 Å². The molecule has 1 rings (SSSR count). The summed E-state index contributed by atoms with van der Waals surface area (Å²) in [6.45, 7) is 5.37. The second-order valence-corrected chi connectivity index (χ2v) is 7.19. The first-order valence-corrected chi connectivity index (χ1v) is 9.69. The van der Waals surface area contributed by atoms with Crippen molar-refractivity contribution in [2.24, 2.45) is 4.99 Å². The zero-order valence-corrected chi connectivity index (χ0v) is 16.1. The van der Waals surface area contributed by atoms with Crippen LogP contribution in [-0.2, 0) is 0 Å². The van der Waals surface area contributed by atoms with Crippen LogP contribution in [0.3, 0.4) is 0 Å². The number of hydrogen-bond acceptors (Lipinski definition) is 3. The van der Waals surface area contributed by atoms with Gasteiger partial charge in [-0.3, -0.25) is 4.99 Å². The van der Waals surface area contributed by atoms with Gasteiger partial charge >= 0.3 is 0 Å². The highest BCUT2D eigenvalue weighted by molar-refractivity contribution is 7.07. The van der Waals surface area contributed by atoms with Crippen molar-refractivity contribution in [1.82, 2.24) is 15.5 Å². The number of hydrogen-bond donors (Lipinski definition) is 2. The summed E-state index contributed by atoms with van der Waals surface area (Å²) in [5, 5.41) is 11.2. The van der Waals surface area contributed by atoms with Crippen molar-refractivity contribution in [2.75, 3.05) is 40.8 Å².